The van der Waals surface area contributed by atoms with Crippen molar-refractivity contribution in [1.29, 1.82) is 0 Å². The van der Waals surface area contributed by atoms with Gasteiger partial charge in [0.1, 0.15) is 0 Å². The lowest BCUT2D eigenvalue weighted by atomic mass is 10.3. The molecule has 3 heteroatoms. The second kappa shape index (κ2) is 1.13. The number of pyridine rings is 1. The third kappa shape index (κ3) is 0.455. The van der Waals surface area contributed by atoms with Gasteiger partial charge < -0.3 is 5.73 Å². The molecule has 0 atom stereocenters. The molecule has 44 valence electrons. The van der Waals surface area contributed by atoms with Crippen LogP contribution in [0.5, 0.6) is 0 Å². The number of hydrogen-bond donors (Lipinski definition) is 1. The van der Waals surface area contributed by atoms with Gasteiger partial charge in [0.2, 0.25) is 0 Å². The number of carbonyl (C=O) groups excluding carboxylic acids is 1. The smallest absolute Gasteiger partial charge is 0.250 e. The summed E-state index contributed by atoms with van der Waals surface area (Å²) < 4.78 is 0. The van der Waals surface area contributed by atoms with E-state index in [9.17, 15) is 4.79 Å². The van der Waals surface area contributed by atoms with E-state index >= 15 is 0 Å². The zero-order valence-corrected chi connectivity index (χ0v) is 4.59. The number of rotatable bonds is 1. The average molecular weight is 120 g/mol. The summed E-state index contributed by atoms with van der Waals surface area (Å²) in [5.74, 6) is -0.391. The van der Waals surface area contributed by atoms with E-state index in [4.69, 9.17) is 5.73 Å². The molecule has 3 nitrogen and oxygen atoms in total. The lowest BCUT2D eigenvalue weighted by Gasteiger charge is -1.82. The van der Waals surface area contributed by atoms with Crippen molar-refractivity contribution in [2.24, 2.45) is 5.73 Å². The van der Waals surface area contributed by atoms with Crippen LogP contribution in [0, 0.1) is 0 Å². The Bertz CT molecular complexity index is 293. The lowest BCUT2D eigenvalue weighted by molar-refractivity contribution is 0.100. The molecule has 0 saturated carbocycles. The first-order valence-corrected chi connectivity index (χ1v) is 2.59. The van der Waals surface area contributed by atoms with Gasteiger partial charge in [-0.25, -0.2) is 0 Å². The highest BCUT2D eigenvalue weighted by molar-refractivity contribution is 6.03. The Morgan fingerprint density at radius 2 is 2.44 bits per heavy atom. The van der Waals surface area contributed by atoms with Gasteiger partial charge in [0.25, 0.3) is 5.91 Å². The molecule has 0 spiro atoms. The molecular formula is C6H4N2O. The normalized spacial score (nSPS) is 11.1. The Morgan fingerprint density at radius 3 is 2.67 bits per heavy atom. The summed E-state index contributed by atoms with van der Waals surface area (Å²) >= 11 is 0. The summed E-state index contributed by atoms with van der Waals surface area (Å²) in [6.45, 7) is 0. The third-order valence-electron chi connectivity index (χ3n) is 1.36. The van der Waals surface area contributed by atoms with Crippen molar-refractivity contribution in [2.75, 3.05) is 0 Å². The molecule has 1 amide bonds. The Hall–Kier alpha value is -1.38. The van der Waals surface area contributed by atoms with Crippen molar-refractivity contribution >= 4 is 5.91 Å². The van der Waals surface area contributed by atoms with Crippen LogP contribution in [0.4, 0.5) is 0 Å². The van der Waals surface area contributed by atoms with Crippen molar-refractivity contribution < 1.29 is 4.79 Å². The summed E-state index contributed by atoms with van der Waals surface area (Å²) in [6, 6.07) is 1.83. The van der Waals surface area contributed by atoms with Crippen LogP contribution in [0.2, 0.25) is 0 Å². The third-order valence-corrected chi connectivity index (χ3v) is 1.36. The molecule has 0 saturated heterocycles. The number of aromatic nitrogens is 1. The average Bonchev–Trinajstić information content (AvgIpc) is 2.43. The summed E-state index contributed by atoms with van der Waals surface area (Å²) in [4.78, 5) is 14.4. The quantitative estimate of drug-likeness (QED) is 0.582. The van der Waals surface area contributed by atoms with Gasteiger partial charge in [0.15, 0.2) is 0 Å². The van der Waals surface area contributed by atoms with Crippen LogP contribution in [0.25, 0.3) is 11.3 Å². The molecule has 2 N–H and O–H groups in total. The highest BCUT2D eigenvalue weighted by atomic mass is 16.1. The standard InChI is InChI=1S/C6H4N2O/c7-6(9)4-2-8-5-1-3(4)5/h1-2H,(H2,7,9). The van der Waals surface area contributed by atoms with Gasteiger partial charge >= 0.3 is 0 Å². The van der Waals surface area contributed by atoms with Crippen molar-refractivity contribution in [3.8, 4) is 11.3 Å². The van der Waals surface area contributed by atoms with E-state index in [-0.39, 0.29) is 0 Å². The Kier molecular flexibility index (Phi) is 0.563. The number of carbonyl (C=O) groups is 1. The summed E-state index contributed by atoms with van der Waals surface area (Å²) in [7, 11) is 0. The minimum Gasteiger partial charge on any atom is -0.366 e. The summed E-state index contributed by atoms with van der Waals surface area (Å²) in [5.41, 5.74) is 7.37. The van der Waals surface area contributed by atoms with Gasteiger partial charge in [-0.15, -0.1) is 0 Å². The number of nitrogens with two attached hydrogens (primary N) is 1. The zero-order chi connectivity index (χ0) is 6.43. The highest BCUT2D eigenvalue weighted by Gasteiger charge is 2.21. The van der Waals surface area contributed by atoms with E-state index in [1.807, 2.05) is 6.07 Å². The molecule has 9 heavy (non-hydrogen) atoms. The fourth-order valence-electron chi connectivity index (χ4n) is 0.823. The van der Waals surface area contributed by atoms with E-state index < -0.39 is 5.91 Å². The monoisotopic (exact) mass is 120 g/mol. The molecule has 1 heterocycles. The second-order valence-electron chi connectivity index (χ2n) is 1.98. The molecule has 1 aliphatic heterocycles. The number of fused-ring (bicyclic) bond motifs is 1. The molecule has 2 aliphatic rings. The maximum atomic E-state index is 10.5. The van der Waals surface area contributed by atoms with Gasteiger partial charge in [0.05, 0.1) is 11.3 Å². The predicted molar refractivity (Wildman–Crippen MR) is 31.7 cm³/mol. The fourth-order valence-corrected chi connectivity index (χ4v) is 0.823. The molecule has 1 aliphatic carbocycles. The van der Waals surface area contributed by atoms with Crippen LogP contribution in [0.3, 0.4) is 0 Å². The molecule has 0 aromatic carbocycles. The fraction of sp³-hybridized carbons (Fsp3) is 0. The number of primary amides is 1. The summed E-state index contributed by atoms with van der Waals surface area (Å²) in [6.07, 6.45) is 1.51. The minimum absolute atomic E-state index is 0.391. The van der Waals surface area contributed by atoms with Gasteiger partial charge in [-0.1, -0.05) is 0 Å². The lowest BCUT2D eigenvalue weighted by Crippen LogP contribution is -2.09. The number of amides is 1. The van der Waals surface area contributed by atoms with Gasteiger partial charge in [-0.3, -0.25) is 9.78 Å². The summed E-state index contributed by atoms with van der Waals surface area (Å²) in [5, 5.41) is 0. The van der Waals surface area contributed by atoms with E-state index in [0.29, 0.717) is 5.56 Å². The van der Waals surface area contributed by atoms with Crippen LogP contribution in [-0.4, -0.2) is 10.9 Å². The van der Waals surface area contributed by atoms with Gasteiger partial charge in [0, 0.05) is 11.8 Å². The first kappa shape index (κ1) is 4.49. The van der Waals surface area contributed by atoms with Crippen LogP contribution in [0.15, 0.2) is 12.3 Å². The predicted octanol–water partition coefficient (Wildman–Crippen LogP) is 0.161. The van der Waals surface area contributed by atoms with Crippen molar-refractivity contribution in [3.63, 3.8) is 0 Å². The Balaban J connectivity index is 2.53. The number of nitrogens with zero attached hydrogens (tertiary/aromatic N) is 1. The van der Waals surface area contributed by atoms with E-state index in [1.54, 1.807) is 0 Å². The van der Waals surface area contributed by atoms with Crippen LogP contribution in [0.1, 0.15) is 10.4 Å². The molecule has 0 fully saturated rings. The number of hydrogen-bond acceptors (Lipinski definition) is 2. The molecule has 0 bridgehead atoms. The molecule has 0 radical (unpaired) electrons. The first-order valence-electron chi connectivity index (χ1n) is 2.59. The van der Waals surface area contributed by atoms with Crippen LogP contribution in [-0.2, 0) is 0 Å². The van der Waals surface area contributed by atoms with Crippen molar-refractivity contribution in [1.82, 2.24) is 4.98 Å². The maximum Gasteiger partial charge on any atom is 0.250 e. The highest BCUT2D eigenvalue weighted by Crippen LogP contribution is 2.34. The van der Waals surface area contributed by atoms with Gasteiger partial charge in [-0.05, 0) is 6.07 Å². The van der Waals surface area contributed by atoms with Crippen molar-refractivity contribution in [3.05, 3.63) is 17.8 Å². The SMILES string of the molecule is NC(=O)c1cnc2cc1-2. The zero-order valence-electron chi connectivity index (χ0n) is 4.59. The van der Waals surface area contributed by atoms with Crippen LogP contribution >= 0.6 is 0 Å². The Morgan fingerprint density at radius 1 is 1.67 bits per heavy atom. The van der Waals surface area contributed by atoms with E-state index in [1.165, 1.54) is 6.20 Å². The van der Waals surface area contributed by atoms with Crippen LogP contribution < -0.4 is 5.73 Å². The topological polar surface area (TPSA) is 56.0 Å². The molecule has 2 rings (SSSR count). The van der Waals surface area contributed by atoms with E-state index in [2.05, 4.69) is 4.98 Å². The minimum atomic E-state index is -0.391. The molecular weight excluding hydrogens is 116 g/mol. The first-order chi connectivity index (χ1) is 4.29. The molecule has 0 aromatic rings. The second-order valence-corrected chi connectivity index (χ2v) is 1.98. The van der Waals surface area contributed by atoms with Gasteiger partial charge in [-0.2, -0.15) is 0 Å². The maximum absolute atomic E-state index is 10.5. The van der Waals surface area contributed by atoms with Crippen molar-refractivity contribution in [2.45, 2.75) is 0 Å². The Labute approximate surface area is 51.5 Å². The molecule has 0 unspecified atom stereocenters. The van der Waals surface area contributed by atoms with E-state index in [0.717, 1.165) is 11.3 Å². The molecule has 0 aromatic heterocycles. The largest absolute Gasteiger partial charge is 0.366 e.